The largest absolute Gasteiger partial charge is 0.484 e. The Kier molecular flexibility index (Phi) is 4.86. The number of amides is 1. The SMILES string of the molecule is Cc1ccc(C)c(NC(=O)COc2ccc3cc(Br)ccc3c2)c1. The predicted molar refractivity (Wildman–Crippen MR) is 102 cm³/mol. The Morgan fingerprint density at radius 3 is 2.58 bits per heavy atom. The summed E-state index contributed by atoms with van der Waals surface area (Å²) >= 11 is 3.46. The summed E-state index contributed by atoms with van der Waals surface area (Å²) in [5, 5.41) is 5.09. The summed E-state index contributed by atoms with van der Waals surface area (Å²) < 4.78 is 6.66. The molecule has 1 amide bonds. The highest BCUT2D eigenvalue weighted by molar-refractivity contribution is 9.10. The minimum Gasteiger partial charge on any atom is -0.484 e. The van der Waals surface area contributed by atoms with E-state index in [0.29, 0.717) is 5.75 Å². The second-order valence-electron chi connectivity index (χ2n) is 5.81. The van der Waals surface area contributed by atoms with Gasteiger partial charge >= 0.3 is 0 Å². The summed E-state index contributed by atoms with van der Waals surface area (Å²) in [7, 11) is 0. The van der Waals surface area contributed by atoms with Gasteiger partial charge in [0.1, 0.15) is 5.75 Å². The number of fused-ring (bicyclic) bond motifs is 1. The van der Waals surface area contributed by atoms with E-state index in [0.717, 1.165) is 32.1 Å². The fourth-order valence-electron chi connectivity index (χ4n) is 2.49. The maximum atomic E-state index is 12.1. The van der Waals surface area contributed by atoms with Gasteiger partial charge in [0.2, 0.25) is 0 Å². The van der Waals surface area contributed by atoms with Gasteiger partial charge in [0.05, 0.1) is 0 Å². The average molecular weight is 384 g/mol. The van der Waals surface area contributed by atoms with E-state index in [2.05, 4.69) is 21.2 Å². The summed E-state index contributed by atoms with van der Waals surface area (Å²) in [5.41, 5.74) is 2.97. The maximum Gasteiger partial charge on any atom is 0.262 e. The number of hydrogen-bond donors (Lipinski definition) is 1. The van der Waals surface area contributed by atoms with Crippen LogP contribution in [-0.2, 0) is 4.79 Å². The molecule has 3 rings (SSSR count). The van der Waals surface area contributed by atoms with Crippen molar-refractivity contribution in [3.05, 3.63) is 70.2 Å². The minimum atomic E-state index is -0.167. The molecule has 0 atom stereocenters. The Morgan fingerprint density at radius 2 is 1.75 bits per heavy atom. The Balaban J connectivity index is 1.65. The predicted octanol–water partition coefficient (Wildman–Crippen LogP) is 5.24. The van der Waals surface area contributed by atoms with Crippen LogP contribution in [0, 0.1) is 13.8 Å². The molecule has 4 heteroatoms. The molecule has 0 aliphatic heterocycles. The van der Waals surface area contributed by atoms with Gasteiger partial charge in [-0.15, -0.1) is 0 Å². The molecule has 122 valence electrons. The topological polar surface area (TPSA) is 38.3 Å². The molecule has 3 aromatic rings. The molecular formula is C20H18BrNO2. The Labute approximate surface area is 149 Å². The third-order valence-corrected chi connectivity index (χ3v) is 4.30. The molecule has 3 nitrogen and oxygen atoms in total. The Hall–Kier alpha value is -2.33. The smallest absolute Gasteiger partial charge is 0.262 e. The molecule has 1 N–H and O–H groups in total. The standard InChI is InChI=1S/C20H18BrNO2/c1-13-3-4-14(2)19(9-13)22-20(23)12-24-18-8-6-15-10-17(21)7-5-16(15)11-18/h3-11H,12H2,1-2H3,(H,22,23). The van der Waals surface area contributed by atoms with Gasteiger partial charge in [-0.1, -0.05) is 40.2 Å². The van der Waals surface area contributed by atoms with E-state index in [1.54, 1.807) is 0 Å². The number of carbonyl (C=O) groups excluding carboxylic acids is 1. The van der Waals surface area contributed by atoms with Crippen molar-refractivity contribution in [2.75, 3.05) is 11.9 Å². The first-order valence-corrected chi connectivity index (χ1v) is 8.50. The van der Waals surface area contributed by atoms with Crippen LogP contribution in [0.15, 0.2) is 59.1 Å². The van der Waals surface area contributed by atoms with Crippen molar-refractivity contribution in [1.29, 1.82) is 0 Å². The lowest BCUT2D eigenvalue weighted by atomic mass is 10.1. The Morgan fingerprint density at radius 1 is 1.00 bits per heavy atom. The van der Waals surface area contributed by atoms with Gasteiger partial charge in [-0.3, -0.25) is 4.79 Å². The minimum absolute atomic E-state index is 0.0184. The summed E-state index contributed by atoms with van der Waals surface area (Å²) in [6.45, 7) is 3.95. The first-order chi connectivity index (χ1) is 11.5. The number of rotatable bonds is 4. The number of ether oxygens (including phenoxy) is 1. The number of benzene rings is 3. The first-order valence-electron chi connectivity index (χ1n) is 7.70. The highest BCUT2D eigenvalue weighted by atomic mass is 79.9. The zero-order chi connectivity index (χ0) is 17.1. The number of halogens is 1. The second kappa shape index (κ2) is 7.05. The van der Waals surface area contributed by atoms with Crippen molar-refractivity contribution >= 4 is 38.3 Å². The van der Waals surface area contributed by atoms with Crippen LogP contribution < -0.4 is 10.1 Å². The molecule has 0 heterocycles. The van der Waals surface area contributed by atoms with Gasteiger partial charge in [-0.2, -0.15) is 0 Å². The highest BCUT2D eigenvalue weighted by Gasteiger charge is 2.07. The van der Waals surface area contributed by atoms with Crippen molar-refractivity contribution in [2.24, 2.45) is 0 Å². The normalized spacial score (nSPS) is 10.6. The molecule has 0 saturated heterocycles. The van der Waals surface area contributed by atoms with E-state index in [9.17, 15) is 4.79 Å². The van der Waals surface area contributed by atoms with Gasteiger partial charge in [0.15, 0.2) is 6.61 Å². The van der Waals surface area contributed by atoms with Crippen LogP contribution in [0.3, 0.4) is 0 Å². The summed E-state index contributed by atoms with van der Waals surface area (Å²) in [6.07, 6.45) is 0. The van der Waals surface area contributed by atoms with Crippen LogP contribution in [0.1, 0.15) is 11.1 Å². The lowest BCUT2D eigenvalue weighted by Crippen LogP contribution is -2.20. The van der Waals surface area contributed by atoms with Crippen LogP contribution in [0.4, 0.5) is 5.69 Å². The van der Waals surface area contributed by atoms with Crippen molar-refractivity contribution in [1.82, 2.24) is 0 Å². The summed E-state index contributed by atoms with van der Waals surface area (Å²) in [6, 6.07) is 17.8. The third kappa shape index (κ3) is 3.95. The molecule has 0 radical (unpaired) electrons. The van der Waals surface area contributed by atoms with Gasteiger partial charge in [0.25, 0.3) is 5.91 Å². The molecule has 3 aromatic carbocycles. The molecule has 0 aromatic heterocycles. The van der Waals surface area contributed by atoms with Crippen molar-refractivity contribution in [2.45, 2.75) is 13.8 Å². The molecule has 0 spiro atoms. The number of carbonyl (C=O) groups is 1. The number of nitrogens with one attached hydrogen (secondary N) is 1. The fraction of sp³-hybridized carbons (Fsp3) is 0.150. The molecule has 0 fully saturated rings. The van der Waals surface area contributed by atoms with Crippen LogP contribution >= 0.6 is 15.9 Å². The molecule has 24 heavy (non-hydrogen) atoms. The maximum absolute atomic E-state index is 12.1. The van der Waals surface area contributed by atoms with Crippen LogP contribution in [0.5, 0.6) is 5.75 Å². The lowest BCUT2D eigenvalue weighted by molar-refractivity contribution is -0.118. The summed E-state index contributed by atoms with van der Waals surface area (Å²) in [5.74, 6) is 0.514. The lowest BCUT2D eigenvalue weighted by Gasteiger charge is -2.11. The average Bonchev–Trinajstić information content (AvgIpc) is 2.56. The highest BCUT2D eigenvalue weighted by Crippen LogP contribution is 2.24. The van der Waals surface area contributed by atoms with Gasteiger partial charge in [-0.05, 0) is 66.1 Å². The molecule has 0 bridgehead atoms. The zero-order valence-corrected chi connectivity index (χ0v) is 15.2. The molecule has 0 unspecified atom stereocenters. The van der Waals surface area contributed by atoms with Crippen LogP contribution in [0.25, 0.3) is 10.8 Å². The van der Waals surface area contributed by atoms with Crippen molar-refractivity contribution in [3.63, 3.8) is 0 Å². The quantitative estimate of drug-likeness (QED) is 0.668. The molecule has 0 saturated carbocycles. The van der Waals surface area contributed by atoms with E-state index in [1.165, 1.54) is 0 Å². The second-order valence-corrected chi connectivity index (χ2v) is 6.72. The number of aryl methyl sites for hydroxylation is 2. The van der Waals surface area contributed by atoms with Gasteiger partial charge in [-0.25, -0.2) is 0 Å². The van der Waals surface area contributed by atoms with Gasteiger partial charge in [0, 0.05) is 10.2 Å². The van der Waals surface area contributed by atoms with E-state index in [-0.39, 0.29) is 12.5 Å². The molecular weight excluding hydrogens is 366 g/mol. The van der Waals surface area contributed by atoms with Crippen LogP contribution in [0.2, 0.25) is 0 Å². The molecule has 0 aliphatic rings. The number of hydrogen-bond acceptors (Lipinski definition) is 2. The first kappa shape index (κ1) is 16.5. The summed E-state index contributed by atoms with van der Waals surface area (Å²) in [4.78, 5) is 12.1. The van der Waals surface area contributed by atoms with Crippen molar-refractivity contribution < 1.29 is 9.53 Å². The van der Waals surface area contributed by atoms with E-state index < -0.39 is 0 Å². The zero-order valence-electron chi connectivity index (χ0n) is 13.6. The van der Waals surface area contributed by atoms with Gasteiger partial charge < -0.3 is 10.1 Å². The third-order valence-electron chi connectivity index (χ3n) is 3.81. The van der Waals surface area contributed by atoms with Crippen LogP contribution in [-0.4, -0.2) is 12.5 Å². The molecule has 0 aliphatic carbocycles. The van der Waals surface area contributed by atoms with E-state index >= 15 is 0 Å². The monoisotopic (exact) mass is 383 g/mol. The van der Waals surface area contributed by atoms with Crippen molar-refractivity contribution in [3.8, 4) is 5.75 Å². The van der Waals surface area contributed by atoms with E-state index in [1.807, 2.05) is 68.4 Å². The Bertz CT molecular complexity index is 905. The van der Waals surface area contributed by atoms with E-state index in [4.69, 9.17) is 4.74 Å². The fourth-order valence-corrected chi connectivity index (χ4v) is 2.87. The number of anilines is 1.